The molecule has 0 spiro atoms. The van der Waals surface area contributed by atoms with E-state index in [1.807, 2.05) is 90.0 Å². The van der Waals surface area contributed by atoms with Gasteiger partial charge in [0.2, 0.25) is 35.3 Å². The lowest BCUT2D eigenvalue weighted by molar-refractivity contribution is -0.152. The molecule has 93 heavy (non-hydrogen) atoms. The lowest BCUT2D eigenvalue weighted by atomic mass is 9.85. The molecule has 6 rings (SSSR count). The lowest BCUT2D eigenvalue weighted by Gasteiger charge is -2.38. The predicted molar refractivity (Wildman–Crippen MR) is 350 cm³/mol. The summed E-state index contributed by atoms with van der Waals surface area (Å²) in [5.41, 5.74) is -1.98. The molecular weight excluding hydrogens is 1200 g/mol. The van der Waals surface area contributed by atoms with E-state index in [2.05, 4.69) is 94.0 Å². The molecule has 27 nitrogen and oxygen atoms in total. The molecule has 12 N–H and O–H groups in total. The zero-order valence-electron chi connectivity index (χ0n) is 58.7. The molecule has 3 heterocycles. The van der Waals surface area contributed by atoms with Crippen LogP contribution < -0.4 is 53.2 Å². The number of aliphatic carboxylic acids is 1. The number of likely N-dealkylation sites (tertiary alicyclic amines) is 3. The van der Waals surface area contributed by atoms with Crippen LogP contribution in [-0.4, -0.2) is 204 Å². The third-order valence-electron chi connectivity index (χ3n) is 20.0. The number of fused-ring (bicyclic) bond motifs is 3. The second-order valence-electron chi connectivity index (χ2n) is 30.7. The van der Waals surface area contributed by atoms with Gasteiger partial charge < -0.3 is 78.1 Å². The number of ketones is 1. The monoisotopic (exact) mass is 1310 g/mol. The van der Waals surface area contributed by atoms with Crippen LogP contribution in [0.2, 0.25) is 0 Å². The first-order chi connectivity index (χ1) is 42.9. The molecule has 524 valence electrons. The predicted octanol–water partition coefficient (Wildman–Crippen LogP) is 2.63. The standard InChI is InChI=1S/C25H43N5O5.C25H41N5O5.C16H27N3O4/c2*1-9-11-15(18(31)21(33)27-12-10-2)28-20(32)17-16-14(25(16,6)7)13-30(17)22(34)19(24(3,4)5)29-23(35)26-8;1-15(2,3)11(18-14(23)17-6)12(20)19-7-8-9(16(8,4)5)10(19)13(21)22/h10,14-19,31H,2,9,11-13H2,1,3-8H3,(H,27,33)(H,28,32)(H2,26,29,35);10,14-17,19H,2,9,11-13H2,1,3-8H3,(H,27,33)(H,28,32)(H2,26,29,35);8-11H,7H2,1-6H3,(H,21,22)(H2,17,18,23)/t14?,15?,16?,17-,18?,19+;14?,15?,16?,17-,19+;8?,9?,10-,11+/m000/s1. The fourth-order valence-corrected chi connectivity index (χ4v) is 14.0. The van der Waals surface area contributed by atoms with Gasteiger partial charge in [0.15, 0.2) is 6.10 Å². The molecule has 0 aromatic rings. The second-order valence-corrected chi connectivity index (χ2v) is 30.7. The number of Topliss-reactive ketones (excluding diaryl/α,β-unsaturated/α-hetero) is 1. The van der Waals surface area contributed by atoms with Crippen molar-refractivity contribution >= 4 is 71.2 Å². The van der Waals surface area contributed by atoms with E-state index >= 15 is 0 Å². The third-order valence-corrected chi connectivity index (χ3v) is 20.0. The molecule has 6 fully saturated rings. The van der Waals surface area contributed by atoms with Crippen molar-refractivity contribution in [3.63, 3.8) is 0 Å². The third kappa shape index (κ3) is 17.7. The number of carboxylic acids is 1. The highest BCUT2D eigenvalue weighted by molar-refractivity contribution is 6.38. The average Bonchev–Trinajstić information content (AvgIpc) is 1.55. The summed E-state index contributed by atoms with van der Waals surface area (Å²) in [6, 6.07) is -7.99. The Balaban J connectivity index is 0.000000304. The summed E-state index contributed by atoms with van der Waals surface area (Å²) in [7, 11) is 4.43. The van der Waals surface area contributed by atoms with Gasteiger partial charge in [0.1, 0.15) is 36.3 Å². The molecule has 6 aliphatic rings. The van der Waals surface area contributed by atoms with Crippen LogP contribution in [0.5, 0.6) is 0 Å². The van der Waals surface area contributed by atoms with Crippen LogP contribution in [0.15, 0.2) is 25.3 Å². The van der Waals surface area contributed by atoms with E-state index in [0.29, 0.717) is 45.3 Å². The van der Waals surface area contributed by atoms with Gasteiger partial charge in [-0.1, -0.05) is 143 Å². The Kier molecular flexibility index (Phi) is 25.5. The number of carbonyl (C=O) groups excluding carboxylic acids is 11. The maximum atomic E-state index is 13.7. The van der Waals surface area contributed by atoms with Crippen molar-refractivity contribution in [2.24, 2.45) is 68.0 Å². The molecule has 0 aromatic carbocycles. The molecular formula is C66H111N13O14. The normalized spacial score (nSPS) is 25.6. The van der Waals surface area contributed by atoms with Crippen molar-refractivity contribution in [1.29, 1.82) is 0 Å². The number of urea groups is 3. The Hall–Kier alpha value is -7.32. The Morgan fingerprint density at radius 3 is 1.14 bits per heavy atom. The van der Waals surface area contributed by atoms with Gasteiger partial charge in [-0.05, 0) is 74.9 Å². The molecule has 13 amide bonds. The lowest BCUT2D eigenvalue weighted by Crippen LogP contribution is -2.61. The molecule has 9 unspecified atom stereocenters. The van der Waals surface area contributed by atoms with Crippen LogP contribution in [0.3, 0.4) is 0 Å². The van der Waals surface area contributed by atoms with Crippen molar-refractivity contribution in [1.82, 2.24) is 67.9 Å². The van der Waals surface area contributed by atoms with E-state index in [4.69, 9.17) is 0 Å². The number of nitrogens with zero attached hydrogens (tertiary/aromatic N) is 3. The van der Waals surface area contributed by atoms with Gasteiger partial charge in [0, 0.05) is 59.8 Å². The first-order valence-electron chi connectivity index (χ1n) is 32.6. The second kappa shape index (κ2) is 30.4. The van der Waals surface area contributed by atoms with Gasteiger partial charge in [-0.25, -0.2) is 19.2 Å². The zero-order valence-corrected chi connectivity index (χ0v) is 58.7. The highest BCUT2D eigenvalue weighted by Crippen LogP contribution is 2.67. The van der Waals surface area contributed by atoms with Crippen LogP contribution in [0, 0.1) is 68.0 Å². The molecule has 3 aliphatic heterocycles. The first-order valence-corrected chi connectivity index (χ1v) is 32.6. The summed E-state index contributed by atoms with van der Waals surface area (Å²) >= 11 is 0. The van der Waals surface area contributed by atoms with Gasteiger partial charge >= 0.3 is 24.1 Å². The fraction of sp³-hybridized carbons (Fsp3) is 0.758. The Morgan fingerprint density at radius 1 is 0.505 bits per heavy atom. The van der Waals surface area contributed by atoms with Gasteiger partial charge in [-0.3, -0.25) is 38.4 Å². The molecule has 3 saturated heterocycles. The molecule has 3 aliphatic carbocycles. The van der Waals surface area contributed by atoms with Gasteiger partial charge in [0.25, 0.3) is 11.8 Å². The van der Waals surface area contributed by atoms with Gasteiger partial charge in [-0.2, -0.15) is 0 Å². The molecule has 0 aromatic heterocycles. The number of rotatable bonds is 23. The fourth-order valence-electron chi connectivity index (χ4n) is 14.0. The number of hydrogen-bond acceptors (Lipinski definition) is 13. The van der Waals surface area contributed by atoms with Crippen LogP contribution >= 0.6 is 0 Å². The van der Waals surface area contributed by atoms with Crippen LogP contribution in [-0.2, 0) is 43.2 Å². The van der Waals surface area contributed by atoms with Crippen LogP contribution in [0.1, 0.15) is 143 Å². The smallest absolute Gasteiger partial charge is 0.326 e. The summed E-state index contributed by atoms with van der Waals surface area (Å²) in [4.78, 5) is 157. The SMILES string of the molecule is C=CCNC(=O)C(=O)C(CCC)NC(=O)[C@@H]1C2C(CN1C(=O)[C@@H](NC(=O)NC)C(C)(C)C)C2(C)C.C=CCNC(=O)C(O)C(CCC)NC(=O)[C@@H]1C2C(CN1C(=O)[C@@H](NC(=O)NC)C(C)(C)C)C2(C)C.CNC(=O)N[C@H](C(=O)N1CC2C([C@H]1C(=O)O)C2(C)C)C(C)(C)C. The minimum atomic E-state index is -1.43. The van der Waals surface area contributed by atoms with E-state index in [1.165, 1.54) is 43.1 Å². The Labute approximate surface area is 549 Å². The van der Waals surface area contributed by atoms with Crippen molar-refractivity contribution in [2.45, 2.75) is 198 Å². The number of aliphatic hydroxyl groups is 1. The van der Waals surface area contributed by atoms with Crippen molar-refractivity contribution in [3.8, 4) is 0 Å². The van der Waals surface area contributed by atoms with Crippen LogP contribution in [0.25, 0.3) is 0 Å². The Bertz CT molecular complexity index is 2840. The van der Waals surface area contributed by atoms with Crippen molar-refractivity contribution < 1.29 is 67.7 Å². The highest BCUT2D eigenvalue weighted by atomic mass is 16.4. The summed E-state index contributed by atoms with van der Waals surface area (Å²) < 4.78 is 0. The minimum absolute atomic E-state index is 0.00966. The largest absolute Gasteiger partial charge is 0.480 e. The summed E-state index contributed by atoms with van der Waals surface area (Å²) in [6.45, 7) is 41.5. The molecule has 3 saturated carbocycles. The molecule has 0 radical (unpaired) electrons. The molecule has 27 heteroatoms. The van der Waals surface area contributed by atoms with Gasteiger partial charge in [-0.15, -0.1) is 13.2 Å². The van der Waals surface area contributed by atoms with E-state index in [1.54, 1.807) is 4.90 Å². The minimum Gasteiger partial charge on any atom is -0.480 e. The summed E-state index contributed by atoms with van der Waals surface area (Å²) in [6.07, 6.45) is 3.47. The zero-order chi connectivity index (χ0) is 71.2. The first kappa shape index (κ1) is 78.1. The highest BCUT2D eigenvalue weighted by Gasteiger charge is 2.72. The number of hydrogen-bond donors (Lipinski definition) is 12. The van der Waals surface area contributed by atoms with E-state index in [0.717, 1.165) is 0 Å². The summed E-state index contributed by atoms with van der Waals surface area (Å²) in [5.74, 6) is -4.49. The number of nitrogens with one attached hydrogen (secondary N) is 10. The van der Waals surface area contributed by atoms with Crippen molar-refractivity contribution in [3.05, 3.63) is 25.3 Å². The maximum absolute atomic E-state index is 13.7. The van der Waals surface area contributed by atoms with Crippen molar-refractivity contribution in [2.75, 3.05) is 53.9 Å². The van der Waals surface area contributed by atoms with E-state index in [9.17, 15) is 67.7 Å². The Morgan fingerprint density at radius 2 is 0.828 bits per heavy atom. The number of aliphatic hydroxyl groups excluding tert-OH is 1. The molecule has 0 bridgehead atoms. The number of carboxylic acid groups (broad SMARTS) is 1. The number of piperidine rings is 3. The van der Waals surface area contributed by atoms with E-state index in [-0.39, 0.29) is 82.6 Å². The topological polar surface area (TPSA) is 375 Å². The van der Waals surface area contributed by atoms with Crippen LogP contribution in [0.4, 0.5) is 14.4 Å². The number of amides is 13. The number of carbonyl (C=O) groups is 12. The van der Waals surface area contributed by atoms with E-state index < -0.39 is 124 Å². The quantitative estimate of drug-likeness (QED) is 0.0517. The molecule has 15 atom stereocenters. The summed E-state index contributed by atoms with van der Waals surface area (Å²) in [5, 5.41) is 46.3. The van der Waals surface area contributed by atoms with Gasteiger partial charge in [0.05, 0.1) is 12.1 Å². The maximum Gasteiger partial charge on any atom is 0.326 e. The average molecular weight is 1310 g/mol.